The van der Waals surface area contributed by atoms with Crippen LogP contribution in [0.4, 0.5) is 9.18 Å². The number of nitriles is 1. The van der Waals surface area contributed by atoms with E-state index in [9.17, 15) is 19.2 Å². The first-order valence-electron chi connectivity index (χ1n) is 12.2. The van der Waals surface area contributed by atoms with Crippen molar-refractivity contribution in [2.24, 2.45) is 0 Å². The Morgan fingerprint density at radius 3 is 2.51 bits per heavy atom. The van der Waals surface area contributed by atoms with Crippen molar-refractivity contribution >= 4 is 17.7 Å². The van der Waals surface area contributed by atoms with Crippen LogP contribution in [0, 0.1) is 24.1 Å². The van der Waals surface area contributed by atoms with E-state index in [1.807, 2.05) is 6.07 Å². The van der Waals surface area contributed by atoms with Crippen molar-refractivity contribution < 1.29 is 28.0 Å². The van der Waals surface area contributed by atoms with Crippen LogP contribution in [0.25, 0.3) is 0 Å². The lowest BCUT2D eigenvalue weighted by atomic mass is 10.0. The molecule has 0 radical (unpaired) electrons. The molecule has 1 aliphatic heterocycles. The van der Waals surface area contributed by atoms with Crippen LogP contribution in [0.5, 0.6) is 5.75 Å². The minimum absolute atomic E-state index is 0.0847. The van der Waals surface area contributed by atoms with E-state index in [1.165, 1.54) is 10.6 Å². The number of amides is 2. The van der Waals surface area contributed by atoms with Gasteiger partial charge in [-0.2, -0.15) is 10.1 Å². The molecule has 0 saturated heterocycles. The second kappa shape index (κ2) is 12.0. The summed E-state index contributed by atoms with van der Waals surface area (Å²) in [5.41, 5.74) is 1.70. The second-order valence-corrected chi connectivity index (χ2v) is 9.99. The predicted octanol–water partition coefficient (Wildman–Crippen LogP) is 4.23. The zero-order chi connectivity index (χ0) is 27.2. The Morgan fingerprint density at radius 1 is 1.22 bits per heavy atom. The number of carbonyl (C=O) groups is 2. The van der Waals surface area contributed by atoms with E-state index in [4.69, 9.17) is 9.47 Å². The van der Waals surface area contributed by atoms with Gasteiger partial charge in [0.1, 0.15) is 29.7 Å². The number of carbonyl (C=O) groups excluding carboxylic acids is 2. The normalized spacial score (nSPS) is 15.1. The maximum absolute atomic E-state index is 14.5. The van der Waals surface area contributed by atoms with Gasteiger partial charge in [-0.15, -0.1) is 4.58 Å². The SMILES string of the molecule is CNC(=O)c1ccc(O[C@H](CN2CC[N+](C(=O)OC(C)(C)C)=C(CC#N)C2)c2ccc(C)c(F)c2)cc1. The monoisotopic (exact) mass is 509 g/mol. The predicted molar refractivity (Wildman–Crippen MR) is 137 cm³/mol. The van der Waals surface area contributed by atoms with Gasteiger partial charge in [0.15, 0.2) is 12.3 Å². The van der Waals surface area contributed by atoms with Gasteiger partial charge >= 0.3 is 6.09 Å². The minimum atomic E-state index is -0.645. The molecular formula is C28H34FN4O4+. The summed E-state index contributed by atoms with van der Waals surface area (Å²) >= 11 is 0. The van der Waals surface area contributed by atoms with Crippen molar-refractivity contribution in [1.29, 1.82) is 5.26 Å². The highest BCUT2D eigenvalue weighted by molar-refractivity contribution is 5.94. The topological polar surface area (TPSA) is 94.7 Å². The largest absolute Gasteiger partial charge is 0.596 e. The van der Waals surface area contributed by atoms with Crippen molar-refractivity contribution in [3.63, 3.8) is 0 Å². The number of benzene rings is 2. The molecule has 9 heteroatoms. The molecule has 0 aliphatic carbocycles. The van der Waals surface area contributed by atoms with Gasteiger partial charge in [0.05, 0.1) is 19.2 Å². The van der Waals surface area contributed by atoms with E-state index in [2.05, 4.69) is 16.3 Å². The molecule has 1 atom stereocenters. The molecule has 0 bridgehead atoms. The molecule has 2 aromatic rings. The fraction of sp³-hybridized carbons (Fsp3) is 0.429. The summed E-state index contributed by atoms with van der Waals surface area (Å²) in [6.07, 6.45) is -0.916. The molecule has 1 heterocycles. The average molecular weight is 510 g/mol. The van der Waals surface area contributed by atoms with Gasteiger partial charge in [-0.1, -0.05) is 12.1 Å². The Morgan fingerprint density at radius 2 is 1.92 bits per heavy atom. The van der Waals surface area contributed by atoms with E-state index in [1.54, 1.807) is 65.1 Å². The number of nitrogens with zero attached hydrogens (tertiary/aromatic N) is 3. The van der Waals surface area contributed by atoms with Gasteiger partial charge in [0, 0.05) is 19.2 Å². The van der Waals surface area contributed by atoms with E-state index >= 15 is 0 Å². The molecule has 0 aromatic heterocycles. The van der Waals surface area contributed by atoms with Gasteiger partial charge in [-0.3, -0.25) is 9.69 Å². The third-order valence-electron chi connectivity index (χ3n) is 5.94. The molecule has 0 unspecified atom stereocenters. The first kappa shape index (κ1) is 27.8. The quantitative estimate of drug-likeness (QED) is 0.562. The molecule has 196 valence electrons. The highest BCUT2D eigenvalue weighted by Gasteiger charge is 2.35. The molecule has 2 amide bonds. The van der Waals surface area contributed by atoms with Crippen LogP contribution < -0.4 is 10.1 Å². The van der Waals surface area contributed by atoms with Crippen LogP contribution in [0.1, 0.15) is 54.8 Å². The van der Waals surface area contributed by atoms with Crippen LogP contribution in [0.15, 0.2) is 42.5 Å². The van der Waals surface area contributed by atoms with Crippen LogP contribution in [0.3, 0.4) is 0 Å². The van der Waals surface area contributed by atoms with Gasteiger partial charge in [0.25, 0.3) is 5.91 Å². The van der Waals surface area contributed by atoms with Crippen molar-refractivity contribution in [2.45, 2.75) is 45.8 Å². The molecule has 0 saturated carbocycles. The number of hydrogen-bond donors (Lipinski definition) is 1. The maximum atomic E-state index is 14.5. The minimum Gasteiger partial charge on any atom is -0.484 e. The van der Waals surface area contributed by atoms with Crippen molar-refractivity contribution in [3.8, 4) is 11.8 Å². The van der Waals surface area contributed by atoms with Gasteiger partial charge < -0.3 is 14.8 Å². The number of aryl methyl sites for hydroxylation is 1. The van der Waals surface area contributed by atoms with Gasteiger partial charge in [-0.05, 0) is 69.2 Å². The summed E-state index contributed by atoms with van der Waals surface area (Å²) in [5, 5.41) is 11.9. The molecule has 0 spiro atoms. The number of halogens is 1. The smallest absolute Gasteiger partial charge is 0.484 e. The highest BCUT2D eigenvalue weighted by atomic mass is 19.1. The van der Waals surface area contributed by atoms with Crippen molar-refractivity contribution in [3.05, 3.63) is 65.0 Å². The number of hydrogen-bond acceptors (Lipinski definition) is 6. The Balaban J connectivity index is 1.85. The number of nitrogens with one attached hydrogen (secondary N) is 1. The van der Waals surface area contributed by atoms with Gasteiger partial charge in [0.2, 0.25) is 0 Å². The summed E-state index contributed by atoms with van der Waals surface area (Å²) in [4.78, 5) is 26.7. The molecule has 0 fully saturated rings. The van der Waals surface area contributed by atoms with E-state index < -0.39 is 17.8 Å². The van der Waals surface area contributed by atoms with Crippen molar-refractivity contribution in [2.75, 3.05) is 33.2 Å². The average Bonchev–Trinajstić information content (AvgIpc) is 2.84. The molecule has 8 nitrogen and oxygen atoms in total. The zero-order valence-corrected chi connectivity index (χ0v) is 22.0. The first-order chi connectivity index (χ1) is 17.5. The summed E-state index contributed by atoms with van der Waals surface area (Å²) in [5.74, 6) is 0.00641. The summed E-state index contributed by atoms with van der Waals surface area (Å²) in [6.45, 7) is 8.76. The molecular weight excluding hydrogens is 475 g/mol. The van der Waals surface area contributed by atoms with E-state index in [0.29, 0.717) is 54.3 Å². The van der Waals surface area contributed by atoms with Gasteiger partial charge in [-0.25, -0.2) is 4.39 Å². The molecule has 1 N–H and O–H groups in total. The second-order valence-electron chi connectivity index (χ2n) is 9.99. The fourth-order valence-electron chi connectivity index (χ4n) is 4.01. The fourth-order valence-corrected chi connectivity index (χ4v) is 4.01. The van der Waals surface area contributed by atoms with E-state index in [-0.39, 0.29) is 18.1 Å². The Kier molecular flexibility index (Phi) is 9.00. The number of rotatable bonds is 7. The van der Waals surface area contributed by atoms with E-state index in [0.717, 1.165) is 0 Å². The highest BCUT2D eigenvalue weighted by Crippen LogP contribution is 2.26. The lowest BCUT2D eigenvalue weighted by molar-refractivity contribution is -0.459. The molecule has 1 aliphatic rings. The lowest BCUT2D eigenvalue weighted by Crippen LogP contribution is -2.49. The van der Waals surface area contributed by atoms with Crippen molar-refractivity contribution in [1.82, 2.24) is 10.2 Å². The third-order valence-corrected chi connectivity index (χ3v) is 5.94. The standard InChI is InChI=1S/C28H33FN4O4/c1-19-6-7-21(16-24(19)29)25(36-23-10-8-20(9-11-23)26(34)31-5)18-32-14-15-33(22(17-32)12-13-30)27(35)37-28(2,3)4/h6-11,16,25H,12,14-15,17-18H2,1-5H3/p+1/t25-/m1/s1. The Hall–Kier alpha value is -3.77. The lowest BCUT2D eigenvalue weighted by Gasteiger charge is -2.30. The zero-order valence-electron chi connectivity index (χ0n) is 22.0. The summed E-state index contributed by atoms with van der Waals surface area (Å²) in [6, 6.07) is 13.9. The van der Waals surface area contributed by atoms with Crippen LogP contribution in [0.2, 0.25) is 0 Å². The molecule has 3 rings (SSSR count). The number of ether oxygens (including phenoxy) is 2. The molecule has 37 heavy (non-hydrogen) atoms. The Labute approximate surface area is 217 Å². The van der Waals surface area contributed by atoms with Crippen LogP contribution >= 0.6 is 0 Å². The summed E-state index contributed by atoms with van der Waals surface area (Å²) in [7, 11) is 1.56. The Bertz CT molecular complexity index is 1210. The van der Waals surface area contributed by atoms with Crippen LogP contribution in [-0.4, -0.2) is 66.0 Å². The summed E-state index contributed by atoms with van der Waals surface area (Å²) < 4.78 is 27.8. The first-order valence-corrected chi connectivity index (χ1v) is 12.2. The third kappa shape index (κ3) is 7.61. The van der Waals surface area contributed by atoms with Crippen LogP contribution in [-0.2, 0) is 4.74 Å². The molecule has 2 aromatic carbocycles. The maximum Gasteiger partial charge on any atom is 0.596 e.